The lowest BCUT2D eigenvalue weighted by atomic mass is 9.91. The molecule has 0 saturated carbocycles. The van der Waals surface area contributed by atoms with Gasteiger partial charge in [-0.3, -0.25) is 0 Å². The van der Waals surface area contributed by atoms with Gasteiger partial charge in [0.25, 0.3) is 0 Å². The molecule has 0 fully saturated rings. The lowest BCUT2D eigenvalue weighted by molar-refractivity contribution is 0.0364. The summed E-state index contributed by atoms with van der Waals surface area (Å²) in [5.74, 6) is 0.697. The number of hydrogen-bond donors (Lipinski definition) is 2. The molecule has 1 aromatic rings. The zero-order valence-electron chi connectivity index (χ0n) is 34.4. The number of carbonyl (C=O) groups is 2. The van der Waals surface area contributed by atoms with Gasteiger partial charge in [-0.25, -0.2) is 9.59 Å². The van der Waals surface area contributed by atoms with Gasteiger partial charge in [-0.2, -0.15) is 0 Å². The number of aliphatic hydroxyl groups excluding tert-OH is 2. The minimum absolute atomic E-state index is 0.0636. The fraction of sp³-hybridized carbons (Fsp3) is 0.826. The van der Waals surface area contributed by atoms with Gasteiger partial charge >= 0.3 is 11.9 Å². The molecule has 6 heteroatoms. The molecule has 52 heavy (non-hydrogen) atoms. The molecular formula is C46H82O6. The zero-order chi connectivity index (χ0) is 38.1. The minimum atomic E-state index is -0.529. The van der Waals surface area contributed by atoms with Crippen LogP contribution in [0.25, 0.3) is 0 Å². The van der Waals surface area contributed by atoms with E-state index in [1.807, 2.05) is 0 Å². The summed E-state index contributed by atoms with van der Waals surface area (Å²) in [4.78, 5) is 26.4. The number of carbonyl (C=O) groups excluding carboxylic acids is 2. The maximum absolute atomic E-state index is 13.2. The SMILES string of the molecule is CCCCCCCCC(CC)CCCCC(CCO)COC(=O)c1ccccc1C(=O)OCC(CCO)CCCCC(CC)CCCCCCCC. The second-order valence-corrected chi connectivity index (χ2v) is 15.7. The number of benzene rings is 1. The molecule has 4 unspecified atom stereocenters. The predicted octanol–water partition coefficient (Wildman–Crippen LogP) is 12.7. The molecule has 2 N–H and O–H groups in total. The Labute approximate surface area is 320 Å². The second kappa shape index (κ2) is 33.6. The molecule has 1 aromatic carbocycles. The first-order chi connectivity index (χ1) is 25.4. The van der Waals surface area contributed by atoms with E-state index in [1.165, 1.54) is 116 Å². The van der Waals surface area contributed by atoms with Crippen LogP contribution in [0.5, 0.6) is 0 Å². The molecule has 0 aromatic heterocycles. The van der Waals surface area contributed by atoms with Crippen molar-refractivity contribution in [2.75, 3.05) is 26.4 Å². The van der Waals surface area contributed by atoms with Crippen molar-refractivity contribution in [3.8, 4) is 0 Å². The first-order valence-corrected chi connectivity index (χ1v) is 22.1. The Bertz CT molecular complexity index is 902. The van der Waals surface area contributed by atoms with Crippen LogP contribution in [0.3, 0.4) is 0 Å². The molecule has 0 amide bonds. The lowest BCUT2D eigenvalue weighted by Crippen LogP contribution is -2.20. The van der Waals surface area contributed by atoms with Gasteiger partial charge < -0.3 is 19.7 Å². The van der Waals surface area contributed by atoms with Gasteiger partial charge in [0.1, 0.15) is 0 Å². The van der Waals surface area contributed by atoms with Crippen LogP contribution in [0.2, 0.25) is 0 Å². The Morgan fingerprint density at radius 3 is 1.10 bits per heavy atom. The normalized spacial score (nSPS) is 13.8. The number of esters is 2. The van der Waals surface area contributed by atoms with Crippen molar-refractivity contribution in [1.29, 1.82) is 0 Å². The molecule has 0 aliphatic carbocycles. The Balaban J connectivity index is 2.52. The number of ether oxygens (including phenoxy) is 2. The number of hydrogen-bond acceptors (Lipinski definition) is 6. The average molecular weight is 731 g/mol. The first kappa shape index (κ1) is 48.1. The van der Waals surface area contributed by atoms with E-state index in [1.54, 1.807) is 24.3 Å². The Hall–Kier alpha value is -1.92. The molecule has 0 aliphatic heterocycles. The maximum Gasteiger partial charge on any atom is 0.339 e. The van der Waals surface area contributed by atoms with Crippen molar-refractivity contribution in [2.45, 2.75) is 195 Å². The summed E-state index contributed by atoms with van der Waals surface area (Å²) in [6.07, 6.45) is 31.2. The number of rotatable bonds is 36. The van der Waals surface area contributed by atoms with Gasteiger partial charge in [0.05, 0.1) is 24.3 Å². The molecule has 6 nitrogen and oxygen atoms in total. The van der Waals surface area contributed by atoms with Crippen LogP contribution in [-0.2, 0) is 9.47 Å². The third-order valence-electron chi connectivity index (χ3n) is 11.4. The van der Waals surface area contributed by atoms with Crippen molar-refractivity contribution >= 4 is 11.9 Å². The third kappa shape index (κ3) is 23.7. The Kier molecular flexibility index (Phi) is 31.1. The average Bonchev–Trinajstić information content (AvgIpc) is 3.16. The van der Waals surface area contributed by atoms with Crippen LogP contribution in [-0.4, -0.2) is 48.6 Å². The van der Waals surface area contributed by atoms with Gasteiger partial charge in [-0.15, -0.1) is 0 Å². The highest BCUT2D eigenvalue weighted by Crippen LogP contribution is 2.25. The van der Waals surface area contributed by atoms with Crippen molar-refractivity contribution in [3.05, 3.63) is 35.4 Å². The van der Waals surface area contributed by atoms with Crippen LogP contribution < -0.4 is 0 Å². The van der Waals surface area contributed by atoms with E-state index in [4.69, 9.17) is 9.47 Å². The van der Waals surface area contributed by atoms with Gasteiger partial charge in [-0.05, 0) is 61.5 Å². The highest BCUT2D eigenvalue weighted by atomic mass is 16.5. The molecule has 4 atom stereocenters. The van der Waals surface area contributed by atoms with Crippen molar-refractivity contribution in [3.63, 3.8) is 0 Å². The lowest BCUT2D eigenvalue weighted by Gasteiger charge is -2.19. The Morgan fingerprint density at radius 1 is 0.462 bits per heavy atom. The van der Waals surface area contributed by atoms with E-state index < -0.39 is 11.9 Å². The number of aliphatic hydroxyl groups is 2. The highest BCUT2D eigenvalue weighted by Gasteiger charge is 2.22. The molecule has 0 spiro atoms. The minimum Gasteiger partial charge on any atom is -0.462 e. The van der Waals surface area contributed by atoms with Crippen LogP contribution in [0, 0.1) is 23.7 Å². The first-order valence-electron chi connectivity index (χ1n) is 22.1. The smallest absolute Gasteiger partial charge is 0.339 e. The summed E-state index contributed by atoms with van der Waals surface area (Å²) >= 11 is 0. The van der Waals surface area contributed by atoms with Crippen LogP contribution >= 0.6 is 0 Å². The van der Waals surface area contributed by atoms with Crippen LogP contribution in [0.4, 0.5) is 0 Å². The second-order valence-electron chi connectivity index (χ2n) is 15.7. The largest absolute Gasteiger partial charge is 0.462 e. The fourth-order valence-corrected chi connectivity index (χ4v) is 7.63. The standard InChI is InChI=1S/C46H82O6/c1-5-9-11-13-15-17-25-39(7-3)27-19-21-29-41(33-35-47)37-51-45(49)43-31-23-24-32-44(43)46(50)52-38-42(34-36-48)30-22-20-28-40(8-4)26-18-16-14-12-10-6-2/h23-24,31-32,39-42,47-48H,5-22,25-30,33-38H2,1-4H3. The third-order valence-corrected chi connectivity index (χ3v) is 11.4. The topological polar surface area (TPSA) is 93.1 Å². The summed E-state index contributed by atoms with van der Waals surface area (Å²) in [5, 5.41) is 19.4. The van der Waals surface area contributed by atoms with Gasteiger partial charge in [0.2, 0.25) is 0 Å². The highest BCUT2D eigenvalue weighted by molar-refractivity contribution is 6.03. The van der Waals surface area contributed by atoms with E-state index in [0.29, 0.717) is 12.8 Å². The summed E-state index contributed by atoms with van der Waals surface area (Å²) in [7, 11) is 0. The van der Waals surface area contributed by atoms with Crippen molar-refractivity contribution < 1.29 is 29.3 Å². The summed E-state index contributed by atoms with van der Waals surface area (Å²) in [6.45, 7) is 9.72. The van der Waals surface area contributed by atoms with E-state index >= 15 is 0 Å². The maximum atomic E-state index is 13.2. The molecular weight excluding hydrogens is 648 g/mol. The van der Waals surface area contributed by atoms with Gasteiger partial charge in [-0.1, -0.05) is 181 Å². The molecule has 0 aliphatic rings. The number of unbranched alkanes of at least 4 members (excludes halogenated alkanes) is 12. The summed E-state index contributed by atoms with van der Waals surface area (Å²) < 4.78 is 11.5. The van der Waals surface area contributed by atoms with Crippen molar-refractivity contribution in [2.24, 2.45) is 23.7 Å². The summed E-state index contributed by atoms with van der Waals surface area (Å²) in [6, 6.07) is 6.71. The zero-order valence-corrected chi connectivity index (χ0v) is 34.4. The molecule has 0 bridgehead atoms. The fourth-order valence-electron chi connectivity index (χ4n) is 7.63. The van der Waals surface area contributed by atoms with E-state index in [2.05, 4.69) is 27.7 Å². The monoisotopic (exact) mass is 731 g/mol. The Morgan fingerprint density at radius 2 is 0.769 bits per heavy atom. The molecule has 0 radical (unpaired) electrons. The molecule has 0 heterocycles. The molecule has 1 rings (SSSR count). The van der Waals surface area contributed by atoms with Crippen LogP contribution in [0.15, 0.2) is 24.3 Å². The molecule has 302 valence electrons. The molecule has 0 saturated heterocycles. The predicted molar refractivity (Wildman–Crippen MR) is 218 cm³/mol. The van der Waals surface area contributed by atoms with Gasteiger partial charge in [0, 0.05) is 13.2 Å². The van der Waals surface area contributed by atoms with E-state index in [-0.39, 0.29) is 49.4 Å². The quantitative estimate of drug-likeness (QED) is 0.0527. The van der Waals surface area contributed by atoms with E-state index in [9.17, 15) is 19.8 Å². The van der Waals surface area contributed by atoms with Gasteiger partial charge in [0.15, 0.2) is 0 Å². The van der Waals surface area contributed by atoms with Crippen molar-refractivity contribution in [1.82, 2.24) is 0 Å². The van der Waals surface area contributed by atoms with Crippen LogP contribution in [0.1, 0.15) is 215 Å². The summed E-state index contributed by atoms with van der Waals surface area (Å²) in [5.41, 5.74) is 0.427. The van der Waals surface area contributed by atoms with E-state index in [0.717, 1.165) is 50.4 Å².